The van der Waals surface area contributed by atoms with E-state index in [2.05, 4.69) is 0 Å². The number of hydrogen-bond donors (Lipinski definition) is 4. The molecule has 3 aromatic carbocycles. The highest BCUT2D eigenvalue weighted by Gasteiger charge is 2.48. The molecule has 4 atom stereocenters. The number of carboxylic acids is 2. The normalized spacial score (nSPS) is 17.2. The number of aliphatic carboxylic acids is 2. The van der Waals surface area contributed by atoms with Gasteiger partial charge in [0.05, 0.1) is 24.7 Å². The summed E-state index contributed by atoms with van der Waals surface area (Å²) in [5, 5.41) is 37.1. The first kappa shape index (κ1) is 35.2. The summed E-state index contributed by atoms with van der Waals surface area (Å²) in [6.07, 6.45) is 1.10. The third-order valence-electron chi connectivity index (χ3n) is 8.57. The van der Waals surface area contributed by atoms with E-state index in [4.69, 9.17) is 20.1 Å². The Balaban J connectivity index is 1.53. The molecule has 4 N–H and O–H groups in total. The largest absolute Gasteiger partial charge is 0.481 e. The van der Waals surface area contributed by atoms with Crippen molar-refractivity contribution in [1.29, 1.82) is 0 Å². The van der Waals surface area contributed by atoms with E-state index in [0.717, 1.165) is 16.7 Å². The molecule has 4 rings (SSSR count). The number of halogens is 1. The predicted octanol–water partition coefficient (Wildman–Crippen LogP) is 5.01. The lowest BCUT2D eigenvalue weighted by Crippen LogP contribution is -2.55. The number of rotatable bonds is 17. The summed E-state index contributed by atoms with van der Waals surface area (Å²) >= 11 is 0. The van der Waals surface area contributed by atoms with Crippen molar-refractivity contribution < 1.29 is 48.7 Å². The molecule has 0 aromatic heterocycles. The van der Waals surface area contributed by atoms with Crippen LogP contribution in [0.4, 0.5) is 10.1 Å². The molecule has 0 aliphatic carbocycles. The first-order valence-electron chi connectivity index (χ1n) is 15.7. The minimum atomic E-state index is -1.46. The van der Waals surface area contributed by atoms with Crippen molar-refractivity contribution in [1.82, 2.24) is 0 Å². The van der Waals surface area contributed by atoms with E-state index in [-0.39, 0.29) is 25.0 Å². The number of hydrogen-bond acceptors (Lipinski definition) is 7. The van der Waals surface area contributed by atoms with Gasteiger partial charge in [-0.3, -0.25) is 19.2 Å². The van der Waals surface area contributed by atoms with Crippen molar-refractivity contribution in [2.24, 2.45) is 11.8 Å². The number of carbonyl (C=O) groups is 4. The molecule has 1 amide bonds. The van der Waals surface area contributed by atoms with Crippen LogP contribution in [0.3, 0.4) is 0 Å². The summed E-state index contributed by atoms with van der Waals surface area (Å²) in [6, 6.07) is 20.4. The zero-order chi connectivity index (χ0) is 34.1. The standard InChI is InChI=1S/C36H40FNO9/c1-22(40)47-32(25-12-14-27(37)15-13-25)20-19-30-33(26-10-5-23(6-11-26)3-2-4-31(35(43)44)36(45)46)38(34(30)42)28-16-7-24(8-17-28)9-18-29(41)21-39/h5-8,10-17,29-33,39,41H,2-4,9,18-21H2,1H3,(H,43,44)(H,45,46)/t29?,30-,32+,33-/m1/s1. The van der Waals surface area contributed by atoms with Crippen LogP contribution in [0.1, 0.15) is 73.4 Å². The van der Waals surface area contributed by atoms with Crippen LogP contribution in [0.5, 0.6) is 0 Å². The third-order valence-corrected chi connectivity index (χ3v) is 8.57. The van der Waals surface area contributed by atoms with Gasteiger partial charge in [-0.1, -0.05) is 48.5 Å². The van der Waals surface area contributed by atoms with Gasteiger partial charge in [0, 0.05) is 12.6 Å². The molecular formula is C36H40FNO9. The summed E-state index contributed by atoms with van der Waals surface area (Å²) < 4.78 is 19.1. The Morgan fingerprint density at radius 1 is 0.851 bits per heavy atom. The first-order valence-corrected chi connectivity index (χ1v) is 15.7. The number of β-lactam (4-membered cyclic amide) rings is 1. The highest BCUT2D eigenvalue weighted by atomic mass is 19.1. The molecule has 11 heteroatoms. The average Bonchev–Trinajstić information content (AvgIpc) is 3.04. The molecule has 3 aromatic rings. The van der Waals surface area contributed by atoms with E-state index in [9.17, 15) is 28.7 Å². The van der Waals surface area contributed by atoms with Gasteiger partial charge in [0.15, 0.2) is 5.92 Å². The van der Waals surface area contributed by atoms with Gasteiger partial charge in [0.1, 0.15) is 11.9 Å². The SMILES string of the molecule is CC(=O)O[C@@H](CC[C@H]1C(=O)N(c2ccc(CCC(O)CO)cc2)[C@@H]1c1ccc(CCCC(C(=O)O)C(=O)O)cc1)c1ccc(F)cc1. The van der Waals surface area contributed by atoms with E-state index in [0.29, 0.717) is 49.8 Å². The molecule has 0 spiro atoms. The van der Waals surface area contributed by atoms with Gasteiger partial charge >= 0.3 is 17.9 Å². The second kappa shape index (κ2) is 16.3. The van der Waals surface area contributed by atoms with Crippen molar-refractivity contribution in [3.05, 3.63) is 101 Å². The van der Waals surface area contributed by atoms with Gasteiger partial charge in [0.25, 0.3) is 0 Å². The summed E-state index contributed by atoms with van der Waals surface area (Å²) in [6.45, 7) is 0.988. The molecule has 0 bridgehead atoms. The smallest absolute Gasteiger partial charge is 0.317 e. The highest BCUT2D eigenvalue weighted by Crippen LogP contribution is 2.46. The lowest BCUT2D eigenvalue weighted by Gasteiger charge is -2.48. The van der Waals surface area contributed by atoms with Crippen molar-refractivity contribution >= 4 is 29.5 Å². The Morgan fingerprint density at radius 2 is 1.45 bits per heavy atom. The van der Waals surface area contributed by atoms with E-state index in [1.165, 1.54) is 19.1 Å². The Kier molecular flexibility index (Phi) is 12.2. The molecule has 47 heavy (non-hydrogen) atoms. The zero-order valence-electron chi connectivity index (χ0n) is 26.1. The van der Waals surface area contributed by atoms with Crippen LogP contribution in [0, 0.1) is 17.7 Å². The molecule has 1 fully saturated rings. The second-order valence-electron chi connectivity index (χ2n) is 11.9. The van der Waals surface area contributed by atoms with Gasteiger partial charge in [-0.05, 0) is 91.5 Å². The molecule has 10 nitrogen and oxygen atoms in total. The van der Waals surface area contributed by atoms with Crippen molar-refractivity contribution in [2.45, 2.75) is 70.1 Å². The number of carboxylic acid groups (broad SMARTS) is 2. The second-order valence-corrected chi connectivity index (χ2v) is 11.9. The molecule has 250 valence electrons. The number of ether oxygens (including phenoxy) is 1. The number of anilines is 1. The van der Waals surface area contributed by atoms with E-state index in [1.54, 1.807) is 17.0 Å². The van der Waals surface area contributed by atoms with E-state index < -0.39 is 47.8 Å². The molecule has 1 unspecified atom stereocenters. The molecule has 1 saturated heterocycles. The maximum atomic E-state index is 13.7. The quantitative estimate of drug-likeness (QED) is 0.0895. The maximum absolute atomic E-state index is 13.7. The molecule has 1 heterocycles. The first-order chi connectivity index (χ1) is 22.5. The predicted molar refractivity (Wildman–Crippen MR) is 170 cm³/mol. The summed E-state index contributed by atoms with van der Waals surface area (Å²) in [5.41, 5.74) is 4.03. The molecule has 0 saturated carbocycles. The Hall–Kier alpha value is -4.61. The number of esters is 1. The zero-order valence-corrected chi connectivity index (χ0v) is 26.1. The van der Waals surface area contributed by atoms with Crippen molar-refractivity contribution in [3.8, 4) is 0 Å². The number of benzene rings is 3. The summed E-state index contributed by atoms with van der Waals surface area (Å²) in [5.74, 6) is -5.62. The number of carbonyl (C=O) groups excluding carboxylic acids is 2. The number of nitrogens with zero attached hydrogens (tertiary/aromatic N) is 1. The highest BCUT2D eigenvalue weighted by molar-refractivity contribution is 6.03. The fraction of sp³-hybridized carbons (Fsp3) is 0.389. The molecular weight excluding hydrogens is 609 g/mol. The Morgan fingerprint density at radius 3 is 2.02 bits per heavy atom. The molecule has 0 radical (unpaired) electrons. The lowest BCUT2D eigenvalue weighted by atomic mass is 9.78. The Labute approximate surface area is 272 Å². The van der Waals surface area contributed by atoms with Gasteiger partial charge in [-0.25, -0.2) is 4.39 Å². The van der Waals surface area contributed by atoms with Crippen LogP contribution < -0.4 is 4.90 Å². The van der Waals surface area contributed by atoms with Crippen LogP contribution >= 0.6 is 0 Å². The minimum Gasteiger partial charge on any atom is -0.481 e. The molecule has 1 aliphatic heterocycles. The van der Waals surface area contributed by atoms with Crippen LogP contribution in [0.2, 0.25) is 0 Å². The van der Waals surface area contributed by atoms with Gasteiger partial charge in [0.2, 0.25) is 5.91 Å². The Bertz CT molecular complexity index is 1510. The number of amides is 1. The van der Waals surface area contributed by atoms with Crippen LogP contribution in [0.25, 0.3) is 0 Å². The third kappa shape index (κ3) is 9.24. The molecule has 1 aliphatic rings. The topological polar surface area (TPSA) is 162 Å². The van der Waals surface area contributed by atoms with Gasteiger partial charge < -0.3 is 30.1 Å². The number of aryl methyl sites for hydroxylation is 2. The van der Waals surface area contributed by atoms with Gasteiger partial charge in [-0.2, -0.15) is 0 Å². The summed E-state index contributed by atoms with van der Waals surface area (Å²) in [4.78, 5) is 49.7. The van der Waals surface area contributed by atoms with Crippen LogP contribution in [0.15, 0.2) is 72.8 Å². The van der Waals surface area contributed by atoms with Crippen LogP contribution in [-0.4, -0.2) is 57.0 Å². The monoisotopic (exact) mass is 649 g/mol. The number of aliphatic hydroxyl groups is 2. The van der Waals surface area contributed by atoms with E-state index >= 15 is 0 Å². The lowest BCUT2D eigenvalue weighted by molar-refractivity contribution is -0.155. The van der Waals surface area contributed by atoms with Gasteiger partial charge in [-0.15, -0.1) is 0 Å². The van der Waals surface area contributed by atoms with E-state index in [1.807, 2.05) is 48.5 Å². The van der Waals surface area contributed by atoms with Crippen LogP contribution in [-0.2, 0) is 36.8 Å². The maximum Gasteiger partial charge on any atom is 0.317 e. The minimum absolute atomic E-state index is 0.00586. The fourth-order valence-electron chi connectivity index (χ4n) is 5.99. The fourth-order valence-corrected chi connectivity index (χ4v) is 5.99. The summed E-state index contributed by atoms with van der Waals surface area (Å²) in [7, 11) is 0. The van der Waals surface area contributed by atoms with Crippen molar-refractivity contribution in [2.75, 3.05) is 11.5 Å². The van der Waals surface area contributed by atoms with Crippen molar-refractivity contribution in [3.63, 3.8) is 0 Å². The number of aliphatic hydroxyl groups excluding tert-OH is 2. The average molecular weight is 650 g/mol.